The number of pyridine rings is 1. The normalized spacial score (nSPS) is 11.8. The van der Waals surface area contributed by atoms with Crippen LogP contribution in [0.2, 0.25) is 5.28 Å². The zero-order chi connectivity index (χ0) is 12.0. The van der Waals surface area contributed by atoms with Crippen molar-refractivity contribution in [2.24, 2.45) is 0 Å². The van der Waals surface area contributed by atoms with E-state index in [1.807, 2.05) is 6.07 Å². The Kier molecular flexibility index (Phi) is 2.22. The lowest BCUT2D eigenvalue weighted by molar-refractivity contribution is 0.145. The van der Waals surface area contributed by atoms with E-state index in [9.17, 15) is 8.78 Å². The van der Waals surface area contributed by atoms with Crippen LogP contribution in [0.3, 0.4) is 0 Å². The fraction of sp³-hybridized carbons (Fsp3) is 0.0909. The molecule has 6 heteroatoms. The summed E-state index contributed by atoms with van der Waals surface area (Å²) in [7, 11) is 0. The van der Waals surface area contributed by atoms with E-state index >= 15 is 0 Å². The predicted molar refractivity (Wildman–Crippen MR) is 60.5 cm³/mol. The van der Waals surface area contributed by atoms with E-state index in [4.69, 9.17) is 11.6 Å². The summed E-state index contributed by atoms with van der Waals surface area (Å²) in [6.45, 7) is 0. The van der Waals surface area contributed by atoms with Gasteiger partial charge in [0, 0.05) is 5.39 Å². The molecule has 3 rings (SSSR count). The van der Waals surface area contributed by atoms with Crippen LogP contribution < -0.4 is 0 Å². The minimum atomic E-state index is -2.63. The number of hydrogen-bond donors (Lipinski definition) is 0. The minimum Gasteiger partial charge on any atom is -0.264 e. The molecular weight excluding hydrogens is 248 g/mol. The number of nitrogens with zero attached hydrogens (tertiary/aromatic N) is 3. The molecule has 0 unspecified atom stereocenters. The lowest BCUT2D eigenvalue weighted by atomic mass is 10.1. The molecule has 0 atom stereocenters. The zero-order valence-electron chi connectivity index (χ0n) is 8.44. The minimum absolute atomic E-state index is 0.0546. The molecule has 1 aromatic carbocycles. The molecule has 0 saturated heterocycles. The van der Waals surface area contributed by atoms with Gasteiger partial charge in [0.25, 0.3) is 6.43 Å². The average Bonchev–Trinajstić information content (AvgIpc) is 2.71. The molecule has 0 aliphatic heterocycles. The van der Waals surface area contributed by atoms with Gasteiger partial charge in [-0.05, 0) is 23.1 Å². The van der Waals surface area contributed by atoms with E-state index < -0.39 is 6.43 Å². The highest BCUT2D eigenvalue weighted by atomic mass is 35.5. The molecule has 0 aliphatic carbocycles. The van der Waals surface area contributed by atoms with Gasteiger partial charge in [-0.15, -0.1) is 10.2 Å². The maximum Gasteiger partial charge on any atom is 0.278 e. The third kappa shape index (κ3) is 1.46. The lowest BCUT2D eigenvalue weighted by Crippen LogP contribution is -1.98. The van der Waals surface area contributed by atoms with Crippen LogP contribution in [0.4, 0.5) is 8.78 Å². The molecular formula is C11H6ClF2N3. The van der Waals surface area contributed by atoms with Crippen LogP contribution in [0.15, 0.2) is 30.3 Å². The van der Waals surface area contributed by atoms with Crippen LogP contribution in [0.1, 0.15) is 12.1 Å². The second kappa shape index (κ2) is 3.63. The first-order valence-corrected chi connectivity index (χ1v) is 5.26. The number of rotatable bonds is 1. The molecule has 17 heavy (non-hydrogen) atoms. The fourth-order valence-corrected chi connectivity index (χ4v) is 2.09. The van der Waals surface area contributed by atoms with Crippen molar-refractivity contribution in [3.05, 3.63) is 41.3 Å². The van der Waals surface area contributed by atoms with E-state index in [2.05, 4.69) is 10.2 Å². The Bertz CT molecular complexity index is 708. The first-order valence-electron chi connectivity index (χ1n) is 4.89. The van der Waals surface area contributed by atoms with Gasteiger partial charge in [0.1, 0.15) is 0 Å². The van der Waals surface area contributed by atoms with Crippen LogP contribution >= 0.6 is 11.6 Å². The third-order valence-corrected chi connectivity index (χ3v) is 2.86. The lowest BCUT2D eigenvalue weighted by Gasteiger charge is -2.07. The summed E-state index contributed by atoms with van der Waals surface area (Å²) >= 11 is 5.78. The largest absolute Gasteiger partial charge is 0.278 e. The van der Waals surface area contributed by atoms with E-state index in [0.29, 0.717) is 11.0 Å². The summed E-state index contributed by atoms with van der Waals surface area (Å²) in [5.41, 5.74) is 0.150. The first-order chi connectivity index (χ1) is 8.18. The summed E-state index contributed by atoms with van der Waals surface area (Å²) < 4.78 is 27.1. The molecule has 3 nitrogen and oxygen atoms in total. The molecule has 2 heterocycles. The smallest absolute Gasteiger partial charge is 0.264 e. The van der Waals surface area contributed by atoms with Crippen LogP contribution in [-0.2, 0) is 0 Å². The van der Waals surface area contributed by atoms with E-state index in [0.717, 1.165) is 5.39 Å². The van der Waals surface area contributed by atoms with Gasteiger partial charge < -0.3 is 0 Å². The quantitative estimate of drug-likeness (QED) is 0.665. The van der Waals surface area contributed by atoms with E-state index in [-0.39, 0.29) is 11.0 Å². The van der Waals surface area contributed by atoms with Crippen molar-refractivity contribution in [1.29, 1.82) is 0 Å². The summed E-state index contributed by atoms with van der Waals surface area (Å²) in [5, 5.41) is 8.86. The Hall–Kier alpha value is -1.75. The van der Waals surface area contributed by atoms with Gasteiger partial charge >= 0.3 is 0 Å². The van der Waals surface area contributed by atoms with Gasteiger partial charge in [-0.2, -0.15) is 0 Å². The molecule has 0 bridgehead atoms. The fourth-order valence-electron chi connectivity index (χ4n) is 1.88. The van der Waals surface area contributed by atoms with Crippen molar-refractivity contribution in [2.45, 2.75) is 6.43 Å². The molecule has 0 saturated carbocycles. The number of benzene rings is 1. The highest BCUT2D eigenvalue weighted by molar-refractivity contribution is 6.28. The second-order valence-corrected chi connectivity index (χ2v) is 3.92. The van der Waals surface area contributed by atoms with Crippen molar-refractivity contribution in [1.82, 2.24) is 14.6 Å². The highest BCUT2D eigenvalue weighted by Crippen LogP contribution is 2.28. The van der Waals surface area contributed by atoms with Crippen molar-refractivity contribution in [3.8, 4) is 0 Å². The highest BCUT2D eigenvalue weighted by Gasteiger charge is 2.17. The van der Waals surface area contributed by atoms with Gasteiger partial charge in [0.15, 0.2) is 5.65 Å². The second-order valence-electron chi connectivity index (χ2n) is 3.59. The Morgan fingerprint density at radius 1 is 1.18 bits per heavy atom. The molecule has 0 N–H and O–H groups in total. The average molecular weight is 254 g/mol. The van der Waals surface area contributed by atoms with Crippen molar-refractivity contribution in [3.63, 3.8) is 0 Å². The molecule has 2 aromatic heterocycles. The number of alkyl halides is 2. The van der Waals surface area contributed by atoms with Crippen molar-refractivity contribution < 1.29 is 8.78 Å². The third-order valence-electron chi connectivity index (χ3n) is 2.61. The molecule has 3 aromatic rings. The van der Waals surface area contributed by atoms with Gasteiger partial charge in [0.05, 0.1) is 5.69 Å². The van der Waals surface area contributed by atoms with Crippen molar-refractivity contribution >= 4 is 28.0 Å². The van der Waals surface area contributed by atoms with Gasteiger partial charge in [-0.1, -0.05) is 24.3 Å². The Morgan fingerprint density at radius 2 is 1.94 bits per heavy atom. The number of hydrogen-bond acceptors (Lipinski definition) is 2. The van der Waals surface area contributed by atoms with E-state index in [1.165, 1.54) is 10.5 Å². The number of fused-ring (bicyclic) bond motifs is 3. The maximum atomic E-state index is 12.9. The first kappa shape index (κ1) is 10.4. The predicted octanol–water partition coefficient (Wildman–Crippen LogP) is 3.47. The molecule has 0 spiro atoms. The zero-order valence-corrected chi connectivity index (χ0v) is 9.20. The topological polar surface area (TPSA) is 30.2 Å². The van der Waals surface area contributed by atoms with Crippen LogP contribution in [-0.4, -0.2) is 14.6 Å². The Balaban J connectivity index is 2.56. The monoisotopic (exact) mass is 253 g/mol. The SMILES string of the molecule is FC(F)c1cc2ccccc2c2nnc(Cl)n12. The Labute approximate surface area is 99.6 Å². The number of aromatic nitrogens is 3. The molecule has 86 valence electrons. The van der Waals surface area contributed by atoms with Gasteiger partial charge in [-0.3, -0.25) is 4.40 Å². The summed E-state index contributed by atoms with van der Waals surface area (Å²) in [5.74, 6) is 0. The Morgan fingerprint density at radius 3 is 2.71 bits per heavy atom. The van der Waals surface area contributed by atoms with E-state index in [1.54, 1.807) is 18.2 Å². The maximum absolute atomic E-state index is 12.9. The van der Waals surface area contributed by atoms with Crippen LogP contribution in [0.5, 0.6) is 0 Å². The number of halogens is 3. The summed E-state index contributed by atoms with van der Waals surface area (Å²) in [6.07, 6.45) is -2.63. The standard InChI is InChI=1S/C11H6ClF2N3/c12-11-16-15-10-7-4-2-1-3-6(7)5-8(9(13)14)17(10)11/h1-5,9H. The summed E-state index contributed by atoms with van der Waals surface area (Å²) in [4.78, 5) is 0. The molecule has 0 amide bonds. The summed E-state index contributed by atoms with van der Waals surface area (Å²) in [6, 6.07) is 8.55. The van der Waals surface area contributed by atoms with Gasteiger partial charge in [-0.25, -0.2) is 8.78 Å². The van der Waals surface area contributed by atoms with Crippen LogP contribution in [0.25, 0.3) is 16.4 Å². The molecule has 0 radical (unpaired) electrons. The van der Waals surface area contributed by atoms with Crippen molar-refractivity contribution in [2.75, 3.05) is 0 Å². The molecule has 0 fully saturated rings. The van der Waals surface area contributed by atoms with Crippen LogP contribution in [0, 0.1) is 0 Å². The van der Waals surface area contributed by atoms with Gasteiger partial charge in [0.2, 0.25) is 5.28 Å². The molecule has 0 aliphatic rings.